The molecule has 0 heterocycles. The van der Waals surface area contributed by atoms with Gasteiger partial charge in [-0.3, -0.25) is 0 Å². The highest BCUT2D eigenvalue weighted by atomic mass is 127. The molecule has 0 bridgehead atoms. The van der Waals surface area contributed by atoms with Crippen LogP contribution in [0.25, 0.3) is 0 Å². The Balaban J connectivity index is 3.09. The molecule has 1 aromatic carbocycles. The van der Waals surface area contributed by atoms with Crippen molar-refractivity contribution in [2.45, 2.75) is 18.1 Å². The van der Waals surface area contributed by atoms with Gasteiger partial charge in [0.15, 0.2) is 6.61 Å². The summed E-state index contributed by atoms with van der Waals surface area (Å²) in [6, 6.07) is -1.04. The largest absolute Gasteiger partial charge is 0.477 e. The van der Waals surface area contributed by atoms with Gasteiger partial charge in [-0.1, -0.05) is 0 Å². The van der Waals surface area contributed by atoms with Gasteiger partial charge >= 0.3 is 18.1 Å². The van der Waals surface area contributed by atoms with E-state index in [1.807, 2.05) is 22.6 Å². The van der Waals surface area contributed by atoms with Gasteiger partial charge in [0.05, 0.1) is 9.78 Å². The maximum absolute atomic E-state index is 13.1. The zero-order chi connectivity index (χ0) is 19.5. The zero-order valence-corrected chi connectivity index (χ0v) is 16.0. The quantitative estimate of drug-likeness (QED) is 0.173. The van der Waals surface area contributed by atoms with Gasteiger partial charge in [-0.25, -0.2) is 5.43 Å². The van der Waals surface area contributed by atoms with Crippen molar-refractivity contribution in [3.8, 4) is 11.8 Å². The Morgan fingerprint density at radius 3 is 2.28 bits per heavy atom. The summed E-state index contributed by atoms with van der Waals surface area (Å²) in [6.45, 7) is -0.396. The van der Waals surface area contributed by atoms with Crippen molar-refractivity contribution < 1.29 is 35.5 Å². The van der Waals surface area contributed by atoms with Gasteiger partial charge in [0.2, 0.25) is 0 Å². The van der Waals surface area contributed by atoms with Gasteiger partial charge in [0.25, 0.3) is 0 Å². The van der Waals surface area contributed by atoms with E-state index < -0.39 is 24.8 Å². The maximum Gasteiger partial charge on any atom is 0.462 e. The van der Waals surface area contributed by atoms with Crippen LogP contribution in [0.5, 0.6) is 5.75 Å². The van der Waals surface area contributed by atoms with Crippen LogP contribution in [0, 0.1) is 18.5 Å². The first-order valence-electron chi connectivity index (χ1n) is 5.95. The maximum atomic E-state index is 13.1. The van der Waals surface area contributed by atoms with Gasteiger partial charge in [0, 0.05) is 9.13 Å². The first kappa shape index (κ1) is 22.0. The molecule has 4 nitrogen and oxygen atoms in total. The molecule has 0 aliphatic heterocycles. The van der Waals surface area contributed by atoms with E-state index in [1.165, 1.54) is 6.07 Å². The number of benzene rings is 1. The molecule has 138 valence electrons. The summed E-state index contributed by atoms with van der Waals surface area (Å²) in [5.74, 6) is -6.28. The van der Waals surface area contributed by atoms with Crippen molar-refractivity contribution in [2.75, 3.05) is 6.61 Å². The predicted octanol–water partition coefficient (Wildman–Crippen LogP) is 4.51. The van der Waals surface area contributed by atoms with Gasteiger partial charge in [-0.15, -0.1) is 0 Å². The van der Waals surface area contributed by atoms with Gasteiger partial charge in [0.1, 0.15) is 11.8 Å². The molecule has 0 spiro atoms. The second-order valence-electron chi connectivity index (χ2n) is 4.27. The van der Waals surface area contributed by atoms with Gasteiger partial charge in [-0.2, -0.15) is 41.1 Å². The Kier molecular flexibility index (Phi) is 7.12. The Labute approximate surface area is 163 Å². The number of ether oxygens (including phenoxy) is 1. The van der Waals surface area contributed by atoms with Crippen LogP contribution in [-0.4, -0.2) is 31.0 Å². The number of halogens is 9. The SMILES string of the molecule is N#CCOc1c(I)cc(I)cc1/C=N\NC(F)(F)C(F)(F)C(F)(F)F. The van der Waals surface area contributed by atoms with E-state index in [-0.39, 0.29) is 11.3 Å². The molecule has 0 radical (unpaired) electrons. The molecule has 1 rings (SSSR count). The molecule has 0 aliphatic carbocycles. The molecule has 0 aliphatic rings. The molecule has 1 N–H and O–H groups in total. The van der Waals surface area contributed by atoms with E-state index in [9.17, 15) is 30.7 Å². The van der Waals surface area contributed by atoms with Crippen molar-refractivity contribution in [1.82, 2.24) is 5.43 Å². The summed E-state index contributed by atoms with van der Waals surface area (Å²) in [4.78, 5) is 0. The second-order valence-corrected chi connectivity index (χ2v) is 6.68. The van der Waals surface area contributed by atoms with Crippen LogP contribution < -0.4 is 10.2 Å². The molecule has 25 heavy (non-hydrogen) atoms. The van der Waals surface area contributed by atoms with Crippen LogP contribution >= 0.6 is 45.2 Å². The minimum atomic E-state index is -6.46. The molecule has 0 saturated carbocycles. The summed E-state index contributed by atoms with van der Waals surface area (Å²) in [5.41, 5.74) is 0.522. The Morgan fingerprint density at radius 1 is 1.16 bits per heavy atom. The number of hydrogen-bond donors (Lipinski definition) is 1. The van der Waals surface area contributed by atoms with Crippen molar-refractivity contribution in [1.29, 1.82) is 5.26 Å². The average molecular weight is 595 g/mol. The predicted molar refractivity (Wildman–Crippen MR) is 89.7 cm³/mol. The topological polar surface area (TPSA) is 57.4 Å². The van der Waals surface area contributed by atoms with Crippen molar-refractivity contribution >= 4 is 51.4 Å². The number of hydrogen-bond acceptors (Lipinski definition) is 4. The highest BCUT2D eigenvalue weighted by Crippen LogP contribution is 2.45. The summed E-state index contributed by atoms with van der Waals surface area (Å²) in [6.07, 6.45) is -5.87. The van der Waals surface area contributed by atoms with Gasteiger partial charge in [-0.05, 0) is 57.3 Å². The summed E-state index contributed by atoms with van der Waals surface area (Å²) >= 11 is 3.66. The molecular formula is C12H6F7I2N3O. The molecule has 0 unspecified atom stereocenters. The van der Waals surface area contributed by atoms with E-state index >= 15 is 0 Å². The first-order valence-corrected chi connectivity index (χ1v) is 8.10. The Bertz CT molecular complexity index is 701. The van der Waals surface area contributed by atoms with E-state index in [0.29, 0.717) is 18.8 Å². The third-order valence-electron chi connectivity index (χ3n) is 2.48. The number of nitriles is 1. The van der Waals surface area contributed by atoms with Crippen LogP contribution in [0.3, 0.4) is 0 Å². The monoisotopic (exact) mass is 595 g/mol. The third kappa shape index (κ3) is 5.21. The smallest absolute Gasteiger partial charge is 0.462 e. The van der Waals surface area contributed by atoms with E-state index in [4.69, 9.17) is 10.00 Å². The minimum absolute atomic E-state index is 0.00479. The van der Waals surface area contributed by atoms with Crippen LogP contribution in [0.1, 0.15) is 5.56 Å². The lowest BCUT2D eigenvalue weighted by Gasteiger charge is -2.27. The minimum Gasteiger partial charge on any atom is -0.477 e. The highest BCUT2D eigenvalue weighted by Gasteiger charge is 2.73. The fourth-order valence-electron chi connectivity index (χ4n) is 1.36. The number of rotatable bonds is 6. The second kappa shape index (κ2) is 8.10. The normalized spacial score (nSPS) is 13.0. The van der Waals surface area contributed by atoms with Crippen LogP contribution in [0.2, 0.25) is 0 Å². The first-order chi connectivity index (χ1) is 11.3. The third-order valence-corrected chi connectivity index (χ3v) is 3.90. The summed E-state index contributed by atoms with van der Waals surface area (Å²) in [7, 11) is 0. The average Bonchev–Trinajstić information content (AvgIpc) is 2.44. The molecule has 0 saturated heterocycles. The lowest BCUT2D eigenvalue weighted by molar-refractivity contribution is -0.361. The lowest BCUT2D eigenvalue weighted by atomic mass is 10.2. The molecule has 0 fully saturated rings. The lowest BCUT2D eigenvalue weighted by Crippen LogP contribution is -2.58. The van der Waals surface area contributed by atoms with Crippen molar-refractivity contribution in [3.63, 3.8) is 0 Å². The highest BCUT2D eigenvalue weighted by molar-refractivity contribution is 14.1. The zero-order valence-electron chi connectivity index (χ0n) is 11.6. The fraction of sp³-hybridized carbons (Fsp3) is 0.333. The van der Waals surface area contributed by atoms with Gasteiger partial charge < -0.3 is 4.74 Å². The van der Waals surface area contributed by atoms with Crippen molar-refractivity contribution in [2.24, 2.45) is 5.10 Å². The number of nitrogens with zero attached hydrogens (tertiary/aromatic N) is 2. The Hall–Kier alpha value is -1.05. The van der Waals surface area contributed by atoms with Crippen molar-refractivity contribution in [3.05, 3.63) is 24.8 Å². The molecule has 0 aromatic heterocycles. The van der Waals surface area contributed by atoms with Crippen LogP contribution in [0.15, 0.2) is 17.2 Å². The standard InChI is InChI=1S/C12H6F7I2N3O/c13-10(14,11(15,16)17)12(18,19)24-23-5-6-3-7(20)4-8(21)9(6)25-2-1-22/h3-5,24H,2H2/b23-5-. The summed E-state index contributed by atoms with van der Waals surface area (Å²) in [5, 5.41) is 11.3. The molecular weight excluding hydrogens is 589 g/mol. The van der Waals surface area contributed by atoms with E-state index in [2.05, 4.69) is 5.10 Å². The summed E-state index contributed by atoms with van der Waals surface area (Å²) < 4.78 is 93.8. The molecule has 13 heteroatoms. The molecule has 0 amide bonds. The number of alkyl halides is 7. The number of nitrogens with one attached hydrogen (secondary N) is 1. The fourth-order valence-corrected chi connectivity index (χ4v) is 3.41. The van der Waals surface area contributed by atoms with Crippen LogP contribution in [-0.2, 0) is 0 Å². The Morgan fingerprint density at radius 2 is 1.76 bits per heavy atom. The van der Waals surface area contributed by atoms with E-state index in [0.717, 1.165) is 0 Å². The van der Waals surface area contributed by atoms with E-state index in [1.54, 1.807) is 34.7 Å². The molecule has 0 atom stereocenters. The number of hydrazone groups is 1. The molecule has 1 aromatic rings. The van der Waals surface area contributed by atoms with Crippen LogP contribution in [0.4, 0.5) is 30.7 Å².